The number of fused-ring (bicyclic) bond motifs is 1. The van der Waals surface area contributed by atoms with Crippen LogP contribution in [0.4, 0.5) is 0 Å². The van der Waals surface area contributed by atoms with Gasteiger partial charge in [-0.15, -0.1) is 0 Å². The molecule has 1 fully saturated rings. The molecule has 0 radical (unpaired) electrons. The van der Waals surface area contributed by atoms with E-state index < -0.39 is 0 Å². The number of hydrogen-bond donors (Lipinski definition) is 0. The van der Waals surface area contributed by atoms with E-state index in [1.165, 1.54) is 11.8 Å². The number of thioether (sulfide) groups is 1. The third-order valence-electron chi connectivity index (χ3n) is 6.09. The quantitative estimate of drug-likeness (QED) is 0.316. The fraction of sp³-hybridized carbons (Fsp3) is 0.423. The number of carbonyl (C=O) groups is 1. The van der Waals surface area contributed by atoms with E-state index in [1.807, 2.05) is 60.4 Å². The largest absolute Gasteiger partial charge is 0.492 e. The van der Waals surface area contributed by atoms with Crippen LogP contribution in [-0.2, 0) is 9.53 Å². The lowest BCUT2D eigenvalue weighted by atomic mass is 10.2. The van der Waals surface area contributed by atoms with Crippen LogP contribution in [0.2, 0.25) is 0 Å². The van der Waals surface area contributed by atoms with Crippen molar-refractivity contribution in [3.05, 3.63) is 65.0 Å². The monoisotopic (exact) mass is 496 g/mol. The molecule has 1 aliphatic rings. The fourth-order valence-corrected chi connectivity index (χ4v) is 5.18. The second kappa shape index (κ2) is 12.2. The Morgan fingerprint density at radius 1 is 1.06 bits per heavy atom. The van der Waals surface area contributed by atoms with E-state index in [9.17, 15) is 9.59 Å². The van der Waals surface area contributed by atoms with Crippen LogP contribution in [-0.4, -0.2) is 84.1 Å². The highest BCUT2D eigenvalue weighted by molar-refractivity contribution is 7.99. The first-order chi connectivity index (χ1) is 17.1. The van der Waals surface area contributed by atoms with Gasteiger partial charge in [0.1, 0.15) is 12.4 Å². The van der Waals surface area contributed by atoms with Gasteiger partial charge in [0.25, 0.3) is 5.56 Å². The Morgan fingerprint density at radius 2 is 1.77 bits per heavy atom. The highest BCUT2D eigenvalue weighted by Crippen LogP contribution is 2.22. The average Bonchev–Trinajstić information content (AvgIpc) is 2.88. The predicted octanol–water partition coefficient (Wildman–Crippen LogP) is 2.92. The summed E-state index contributed by atoms with van der Waals surface area (Å²) in [5.74, 6) is 1.17. The zero-order chi connectivity index (χ0) is 24.6. The molecule has 0 bridgehead atoms. The molecule has 2 heterocycles. The molecule has 0 spiro atoms. The number of ether oxygens (including phenoxy) is 2. The molecule has 186 valence electrons. The molecule has 0 saturated carbocycles. The second-order valence-electron chi connectivity index (χ2n) is 8.56. The summed E-state index contributed by atoms with van der Waals surface area (Å²) in [6.07, 6.45) is 0. The number of aromatic nitrogens is 2. The SMILES string of the molecule is COCC(C)n1c(SCC(=O)N2CCN(CCOc3ccccc3)CC2)nc2ccccc2c1=O. The zero-order valence-electron chi connectivity index (χ0n) is 20.3. The Kier molecular flexibility index (Phi) is 8.79. The molecule has 1 atom stereocenters. The lowest BCUT2D eigenvalue weighted by Gasteiger charge is -2.34. The van der Waals surface area contributed by atoms with Gasteiger partial charge in [0, 0.05) is 39.8 Å². The maximum Gasteiger partial charge on any atom is 0.262 e. The average molecular weight is 497 g/mol. The molecule has 0 N–H and O–H groups in total. The van der Waals surface area contributed by atoms with E-state index in [4.69, 9.17) is 14.5 Å². The van der Waals surface area contributed by atoms with Crippen molar-refractivity contribution >= 4 is 28.6 Å². The van der Waals surface area contributed by atoms with Crippen molar-refractivity contribution in [1.29, 1.82) is 0 Å². The molecule has 1 unspecified atom stereocenters. The van der Waals surface area contributed by atoms with Gasteiger partial charge in [0.15, 0.2) is 5.16 Å². The number of benzene rings is 2. The van der Waals surface area contributed by atoms with Gasteiger partial charge in [-0.25, -0.2) is 4.98 Å². The van der Waals surface area contributed by atoms with Crippen molar-refractivity contribution in [2.75, 3.05) is 58.8 Å². The van der Waals surface area contributed by atoms with E-state index in [0.29, 0.717) is 42.4 Å². The third kappa shape index (κ3) is 6.42. The Hall–Kier alpha value is -2.88. The van der Waals surface area contributed by atoms with Crippen molar-refractivity contribution in [2.24, 2.45) is 0 Å². The molecular weight excluding hydrogens is 464 g/mol. The lowest BCUT2D eigenvalue weighted by molar-refractivity contribution is -0.130. The van der Waals surface area contributed by atoms with Gasteiger partial charge in [0.05, 0.1) is 29.3 Å². The van der Waals surface area contributed by atoms with Crippen LogP contribution >= 0.6 is 11.8 Å². The number of amides is 1. The first kappa shape index (κ1) is 25.2. The van der Waals surface area contributed by atoms with E-state index in [0.717, 1.165) is 25.4 Å². The lowest BCUT2D eigenvalue weighted by Crippen LogP contribution is -2.50. The molecule has 3 aromatic rings. The molecule has 1 aliphatic heterocycles. The summed E-state index contributed by atoms with van der Waals surface area (Å²) in [5, 5.41) is 1.11. The molecule has 35 heavy (non-hydrogen) atoms. The van der Waals surface area contributed by atoms with Gasteiger partial charge in [-0.05, 0) is 31.2 Å². The minimum absolute atomic E-state index is 0.0588. The Labute approximate surface area is 209 Å². The Balaban J connectivity index is 1.32. The third-order valence-corrected chi connectivity index (χ3v) is 7.03. The van der Waals surface area contributed by atoms with Crippen LogP contribution in [0.15, 0.2) is 64.5 Å². The number of para-hydroxylation sites is 2. The van der Waals surface area contributed by atoms with Crippen LogP contribution < -0.4 is 10.3 Å². The van der Waals surface area contributed by atoms with Crippen molar-refractivity contribution in [3.8, 4) is 5.75 Å². The summed E-state index contributed by atoms with van der Waals surface area (Å²) in [7, 11) is 1.61. The van der Waals surface area contributed by atoms with E-state index in [-0.39, 0.29) is 23.3 Å². The minimum atomic E-state index is -0.191. The van der Waals surface area contributed by atoms with Gasteiger partial charge in [-0.2, -0.15) is 0 Å². The van der Waals surface area contributed by atoms with E-state index in [1.54, 1.807) is 17.7 Å². The predicted molar refractivity (Wildman–Crippen MR) is 138 cm³/mol. The van der Waals surface area contributed by atoms with Crippen LogP contribution in [0.5, 0.6) is 5.75 Å². The van der Waals surface area contributed by atoms with Crippen molar-refractivity contribution in [1.82, 2.24) is 19.4 Å². The summed E-state index contributed by atoms with van der Waals surface area (Å²) in [6, 6.07) is 16.9. The molecule has 4 rings (SSSR count). The summed E-state index contributed by atoms with van der Waals surface area (Å²) in [5.41, 5.74) is 0.529. The smallest absolute Gasteiger partial charge is 0.262 e. The number of piperazine rings is 1. The molecule has 8 nitrogen and oxygen atoms in total. The van der Waals surface area contributed by atoms with Crippen LogP contribution in [0.3, 0.4) is 0 Å². The van der Waals surface area contributed by atoms with Crippen molar-refractivity contribution < 1.29 is 14.3 Å². The van der Waals surface area contributed by atoms with Crippen molar-refractivity contribution in [3.63, 3.8) is 0 Å². The molecule has 1 saturated heterocycles. The van der Waals surface area contributed by atoms with Gasteiger partial charge >= 0.3 is 0 Å². The Bertz CT molecular complexity index is 1180. The summed E-state index contributed by atoms with van der Waals surface area (Å²) in [6.45, 7) is 6.77. The Morgan fingerprint density at radius 3 is 2.51 bits per heavy atom. The van der Waals surface area contributed by atoms with Gasteiger partial charge in [-0.1, -0.05) is 42.1 Å². The highest BCUT2D eigenvalue weighted by Gasteiger charge is 2.23. The zero-order valence-corrected chi connectivity index (χ0v) is 21.1. The molecule has 1 aromatic heterocycles. The fourth-order valence-electron chi connectivity index (χ4n) is 4.18. The molecule has 1 amide bonds. The van der Waals surface area contributed by atoms with E-state index in [2.05, 4.69) is 4.90 Å². The maximum atomic E-state index is 13.2. The summed E-state index contributed by atoms with van der Waals surface area (Å²) in [4.78, 5) is 35.0. The number of carbonyl (C=O) groups excluding carboxylic acids is 1. The first-order valence-corrected chi connectivity index (χ1v) is 12.9. The number of rotatable bonds is 10. The second-order valence-corrected chi connectivity index (χ2v) is 9.51. The topological polar surface area (TPSA) is 76.9 Å². The number of nitrogens with zero attached hydrogens (tertiary/aromatic N) is 4. The molecule has 9 heteroatoms. The number of hydrogen-bond acceptors (Lipinski definition) is 7. The highest BCUT2D eigenvalue weighted by atomic mass is 32.2. The van der Waals surface area contributed by atoms with Crippen LogP contribution in [0.25, 0.3) is 10.9 Å². The number of methoxy groups -OCH3 is 1. The summed E-state index contributed by atoms with van der Waals surface area (Å²) >= 11 is 1.32. The standard InChI is InChI=1S/C26H32N4O4S/c1-20(18-33-2)30-25(32)22-10-6-7-11-23(22)27-26(30)35-19-24(31)29-14-12-28(13-15-29)16-17-34-21-8-4-3-5-9-21/h3-11,20H,12-19H2,1-2H3. The van der Waals surface area contributed by atoms with Crippen LogP contribution in [0, 0.1) is 0 Å². The van der Waals surface area contributed by atoms with Gasteiger partial charge < -0.3 is 14.4 Å². The van der Waals surface area contributed by atoms with Gasteiger partial charge in [0.2, 0.25) is 5.91 Å². The first-order valence-electron chi connectivity index (χ1n) is 11.9. The van der Waals surface area contributed by atoms with Crippen LogP contribution in [0.1, 0.15) is 13.0 Å². The molecule has 2 aromatic carbocycles. The molecule has 0 aliphatic carbocycles. The van der Waals surface area contributed by atoms with E-state index >= 15 is 0 Å². The summed E-state index contributed by atoms with van der Waals surface area (Å²) < 4.78 is 12.7. The maximum absolute atomic E-state index is 13.2. The molecular formula is C26H32N4O4S. The van der Waals surface area contributed by atoms with Crippen molar-refractivity contribution in [2.45, 2.75) is 18.1 Å². The normalized spacial score (nSPS) is 15.3. The van der Waals surface area contributed by atoms with Gasteiger partial charge in [-0.3, -0.25) is 19.1 Å². The minimum Gasteiger partial charge on any atom is -0.492 e.